The van der Waals surface area contributed by atoms with Crippen molar-refractivity contribution >= 4 is 22.4 Å². The number of hydrogen-bond donors (Lipinski definition) is 1. The number of methoxy groups -OCH3 is 1. The van der Waals surface area contributed by atoms with E-state index in [1.807, 2.05) is 0 Å². The van der Waals surface area contributed by atoms with Crippen LogP contribution in [0.2, 0.25) is 0 Å². The molecule has 1 fully saturated rings. The molecule has 5 heteroatoms. The molecule has 1 heterocycles. The molecule has 1 aromatic heterocycles. The monoisotopic (exact) mass is 226 g/mol. The molecule has 0 aromatic carbocycles. The molecular formula is C10H14N2O2S. The molecule has 2 rings (SSSR count). The molecule has 1 N–H and O–H groups in total. The van der Waals surface area contributed by atoms with Crippen molar-refractivity contribution in [1.82, 2.24) is 4.98 Å². The molecule has 1 saturated carbocycles. The molecule has 0 unspecified atom stereocenters. The van der Waals surface area contributed by atoms with Crippen LogP contribution in [0.25, 0.3) is 0 Å². The Morgan fingerprint density at radius 3 is 2.93 bits per heavy atom. The minimum atomic E-state index is -0.320. The van der Waals surface area contributed by atoms with Crippen LogP contribution >= 0.6 is 11.3 Å². The Labute approximate surface area is 92.7 Å². The highest BCUT2D eigenvalue weighted by molar-refractivity contribution is 7.17. The van der Waals surface area contributed by atoms with Gasteiger partial charge in [0.05, 0.1) is 13.3 Å². The van der Waals surface area contributed by atoms with Crippen LogP contribution in [0.15, 0.2) is 6.20 Å². The van der Waals surface area contributed by atoms with E-state index in [2.05, 4.69) is 22.0 Å². The Morgan fingerprint density at radius 1 is 1.67 bits per heavy atom. The highest BCUT2D eigenvalue weighted by Gasteiger charge is 2.32. The molecule has 0 amide bonds. The number of carbonyl (C=O) groups excluding carboxylic acids is 1. The van der Waals surface area contributed by atoms with E-state index in [1.165, 1.54) is 37.7 Å². The van der Waals surface area contributed by atoms with Gasteiger partial charge in [0.25, 0.3) is 0 Å². The molecule has 0 bridgehead atoms. The van der Waals surface area contributed by atoms with Gasteiger partial charge in [0, 0.05) is 5.54 Å². The number of esters is 1. The van der Waals surface area contributed by atoms with Gasteiger partial charge in [-0.3, -0.25) is 0 Å². The summed E-state index contributed by atoms with van der Waals surface area (Å²) in [5.74, 6) is -0.320. The van der Waals surface area contributed by atoms with Crippen molar-refractivity contribution in [3.8, 4) is 0 Å². The van der Waals surface area contributed by atoms with Crippen molar-refractivity contribution in [2.24, 2.45) is 0 Å². The molecule has 0 radical (unpaired) electrons. The zero-order valence-electron chi connectivity index (χ0n) is 8.87. The van der Waals surface area contributed by atoms with Crippen molar-refractivity contribution in [2.45, 2.75) is 31.7 Å². The third-order valence-corrected chi connectivity index (χ3v) is 3.65. The summed E-state index contributed by atoms with van der Waals surface area (Å²) in [4.78, 5) is 15.9. The molecule has 1 aliphatic carbocycles. The Hall–Kier alpha value is -1.10. The Bertz CT molecular complexity index is 371. The number of nitrogens with one attached hydrogen (secondary N) is 1. The zero-order chi connectivity index (χ0) is 10.9. The van der Waals surface area contributed by atoms with Crippen LogP contribution in [0.5, 0.6) is 0 Å². The van der Waals surface area contributed by atoms with Gasteiger partial charge in [0.2, 0.25) is 0 Å². The molecule has 1 aliphatic rings. The summed E-state index contributed by atoms with van der Waals surface area (Å²) in [6, 6.07) is 0. The van der Waals surface area contributed by atoms with Crippen LogP contribution in [0.3, 0.4) is 0 Å². The van der Waals surface area contributed by atoms with Crippen molar-refractivity contribution in [3.05, 3.63) is 11.1 Å². The second-order valence-electron chi connectivity index (χ2n) is 4.06. The van der Waals surface area contributed by atoms with E-state index in [0.29, 0.717) is 4.88 Å². The second-order valence-corrected chi connectivity index (χ2v) is 5.09. The van der Waals surface area contributed by atoms with Crippen molar-refractivity contribution in [1.29, 1.82) is 0 Å². The third kappa shape index (κ3) is 2.12. The van der Waals surface area contributed by atoms with Gasteiger partial charge in [-0.1, -0.05) is 11.3 Å². The summed E-state index contributed by atoms with van der Waals surface area (Å²) in [7, 11) is 1.38. The van der Waals surface area contributed by atoms with Crippen LogP contribution in [0.4, 0.5) is 5.13 Å². The van der Waals surface area contributed by atoms with Crippen LogP contribution in [0, 0.1) is 0 Å². The Morgan fingerprint density at radius 2 is 2.40 bits per heavy atom. The molecule has 82 valence electrons. The number of rotatable bonds is 3. The quantitative estimate of drug-likeness (QED) is 0.803. The average molecular weight is 226 g/mol. The third-order valence-electron chi connectivity index (χ3n) is 2.76. The van der Waals surface area contributed by atoms with Crippen LogP contribution in [-0.4, -0.2) is 23.6 Å². The number of anilines is 1. The van der Waals surface area contributed by atoms with Gasteiger partial charge in [-0.15, -0.1) is 0 Å². The van der Waals surface area contributed by atoms with E-state index in [0.717, 1.165) is 5.13 Å². The number of carbonyl (C=O) groups is 1. The van der Waals surface area contributed by atoms with E-state index in [1.54, 1.807) is 6.20 Å². The Kier molecular flexibility index (Phi) is 2.65. The normalized spacial score (nSPS) is 18.0. The summed E-state index contributed by atoms with van der Waals surface area (Å²) in [6.45, 7) is 2.18. The standard InChI is InChI=1S/C10H14N2O2S/c1-10(4-3-5-10)12-9-11-6-7(15-9)8(13)14-2/h6H,3-5H2,1-2H3,(H,11,12). The highest BCUT2D eigenvalue weighted by Crippen LogP contribution is 2.35. The summed E-state index contributed by atoms with van der Waals surface area (Å²) >= 11 is 1.34. The van der Waals surface area contributed by atoms with Crippen LogP contribution in [-0.2, 0) is 4.74 Å². The smallest absolute Gasteiger partial charge is 0.349 e. The van der Waals surface area contributed by atoms with Crippen molar-refractivity contribution < 1.29 is 9.53 Å². The van der Waals surface area contributed by atoms with E-state index in [4.69, 9.17) is 0 Å². The lowest BCUT2D eigenvalue weighted by molar-refractivity contribution is 0.0606. The molecule has 0 atom stereocenters. The first-order valence-electron chi connectivity index (χ1n) is 4.95. The average Bonchev–Trinajstić information content (AvgIpc) is 2.62. The maximum Gasteiger partial charge on any atom is 0.349 e. The molecule has 1 aromatic rings. The van der Waals surface area contributed by atoms with E-state index >= 15 is 0 Å². The molecule has 4 nitrogen and oxygen atoms in total. The molecule has 0 saturated heterocycles. The SMILES string of the molecule is COC(=O)c1cnc(NC2(C)CCC2)s1. The fourth-order valence-corrected chi connectivity index (χ4v) is 2.50. The summed E-state index contributed by atoms with van der Waals surface area (Å²) in [6.07, 6.45) is 5.15. The lowest BCUT2D eigenvalue weighted by Gasteiger charge is -2.39. The van der Waals surface area contributed by atoms with Gasteiger partial charge in [0.1, 0.15) is 4.88 Å². The molecule has 0 spiro atoms. The highest BCUT2D eigenvalue weighted by atomic mass is 32.1. The number of ether oxygens (including phenoxy) is 1. The first kappa shape index (κ1) is 10.4. The number of thiazole rings is 1. The number of nitrogens with zero attached hydrogens (tertiary/aromatic N) is 1. The van der Waals surface area contributed by atoms with Gasteiger partial charge in [-0.25, -0.2) is 9.78 Å². The summed E-state index contributed by atoms with van der Waals surface area (Å²) in [5, 5.41) is 4.16. The van der Waals surface area contributed by atoms with Crippen LogP contribution < -0.4 is 5.32 Å². The Balaban J connectivity index is 2.04. The first-order valence-corrected chi connectivity index (χ1v) is 5.77. The van der Waals surface area contributed by atoms with E-state index in [-0.39, 0.29) is 11.5 Å². The predicted octanol–water partition coefficient (Wildman–Crippen LogP) is 2.28. The minimum absolute atomic E-state index is 0.172. The molecule has 0 aliphatic heterocycles. The maximum absolute atomic E-state index is 11.2. The number of aromatic nitrogens is 1. The summed E-state index contributed by atoms with van der Waals surface area (Å²) in [5.41, 5.74) is 0.172. The van der Waals surface area contributed by atoms with E-state index < -0.39 is 0 Å². The van der Waals surface area contributed by atoms with Gasteiger partial charge < -0.3 is 10.1 Å². The lowest BCUT2D eigenvalue weighted by atomic mass is 9.79. The maximum atomic E-state index is 11.2. The van der Waals surface area contributed by atoms with Gasteiger partial charge in [-0.2, -0.15) is 0 Å². The second kappa shape index (κ2) is 3.81. The van der Waals surface area contributed by atoms with Crippen molar-refractivity contribution in [2.75, 3.05) is 12.4 Å². The lowest BCUT2D eigenvalue weighted by Crippen LogP contribution is -2.41. The van der Waals surface area contributed by atoms with E-state index in [9.17, 15) is 4.79 Å². The van der Waals surface area contributed by atoms with Crippen LogP contribution in [0.1, 0.15) is 35.9 Å². The van der Waals surface area contributed by atoms with Gasteiger partial charge >= 0.3 is 5.97 Å². The first-order chi connectivity index (χ1) is 7.13. The predicted molar refractivity (Wildman–Crippen MR) is 59.3 cm³/mol. The minimum Gasteiger partial charge on any atom is -0.465 e. The fourth-order valence-electron chi connectivity index (χ4n) is 1.62. The zero-order valence-corrected chi connectivity index (χ0v) is 9.69. The molecule has 15 heavy (non-hydrogen) atoms. The van der Waals surface area contributed by atoms with Gasteiger partial charge in [-0.05, 0) is 26.2 Å². The molecular weight excluding hydrogens is 212 g/mol. The topological polar surface area (TPSA) is 51.2 Å². The largest absolute Gasteiger partial charge is 0.465 e. The number of hydrogen-bond acceptors (Lipinski definition) is 5. The summed E-state index contributed by atoms with van der Waals surface area (Å²) < 4.78 is 4.62. The van der Waals surface area contributed by atoms with Crippen molar-refractivity contribution in [3.63, 3.8) is 0 Å². The fraction of sp³-hybridized carbons (Fsp3) is 0.600. The van der Waals surface area contributed by atoms with Gasteiger partial charge in [0.15, 0.2) is 5.13 Å².